The third kappa shape index (κ3) is 4.57. The van der Waals surface area contributed by atoms with Crippen molar-refractivity contribution in [3.05, 3.63) is 40.9 Å². The van der Waals surface area contributed by atoms with E-state index in [9.17, 15) is 14.4 Å². The minimum Gasteiger partial charge on any atom is -0.359 e. The van der Waals surface area contributed by atoms with Gasteiger partial charge in [0.25, 0.3) is 0 Å². The van der Waals surface area contributed by atoms with E-state index in [0.29, 0.717) is 22.5 Å². The van der Waals surface area contributed by atoms with Gasteiger partial charge in [-0.3, -0.25) is 14.4 Å². The number of likely N-dealkylation sites (tertiary alicyclic amines) is 1. The fraction of sp³-hybridized carbons (Fsp3) is 0.656. The fourth-order valence-corrected chi connectivity index (χ4v) is 8.26. The first kappa shape index (κ1) is 27.8. The average Bonchev–Trinajstić information content (AvgIpc) is 3.47. The molecule has 2 saturated heterocycles. The monoisotopic (exact) mass is 567 g/mol. The Morgan fingerprint density at radius 2 is 1.77 bits per heavy atom. The molecule has 0 radical (unpaired) electrons. The van der Waals surface area contributed by atoms with E-state index in [1.807, 2.05) is 36.1 Å². The molecule has 4 fully saturated rings. The van der Waals surface area contributed by atoms with Crippen molar-refractivity contribution >= 4 is 35.0 Å². The van der Waals surface area contributed by atoms with E-state index in [-0.39, 0.29) is 29.8 Å². The number of amides is 3. The van der Waals surface area contributed by atoms with Gasteiger partial charge in [-0.2, -0.15) is 0 Å². The summed E-state index contributed by atoms with van der Waals surface area (Å²) < 4.78 is 6.57. The van der Waals surface area contributed by atoms with Crippen LogP contribution in [0.3, 0.4) is 0 Å². The number of aryl methyl sites for hydroxylation is 1. The summed E-state index contributed by atoms with van der Waals surface area (Å²) in [6.45, 7) is 6.38. The summed E-state index contributed by atoms with van der Waals surface area (Å²) in [5.74, 6) is -1.07. The number of hydrogen-bond acceptors (Lipinski definition) is 4. The van der Waals surface area contributed by atoms with Crippen molar-refractivity contribution in [3.63, 3.8) is 0 Å². The first-order chi connectivity index (χ1) is 19.2. The van der Waals surface area contributed by atoms with Gasteiger partial charge < -0.3 is 20.3 Å². The molecule has 2 aliphatic carbocycles. The maximum atomic E-state index is 14.4. The molecule has 6 unspecified atom stereocenters. The molecule has 3 amide bonds. The van der Waals surface area contributed by atoms with Crippen molar-refractivity contribution in [1.29, 1.82) is 0 Å². The summed E-state index contributed by atoms with van der Waals surface area (Å²) in [7, 11) is 0. The number of carbonyl (C=O) groups excluding carboxylic acids is 3. The Bertz CT molecular complexity index is 1210. The van der Waals surface area contributed by atoms with Crippen LogP contribution in [0.4, 0.5) is 5.69 Å². The largest absolute Gasteiger partial charge is 0.359 e. The highest BCUT2D eigenvalue weighted by Crippen LogP contribution is 2.56. The second-order valence-electron chi connectivity index (χ2n) is 12.9. The van der Waals surface area contributed by atoms with E-state index in [4.69, 9.17) is 16.3 Å². The van der Waals surface area contributed by atoms with Crippen molar-refractivity contribution in [3.8, 4) is 0 Å². The molecule has 2 bridgehead atoms. The number of rotatable bonds is 5. The molecule has 6 rings (SSSR count). The third-order valence-corrected chi connectivity index (χ3v) is 11.0. The van der Waals surface area contributed by atoms with Gasteiger partial charge in [-0.05, 0) is 55.7 Å². The predicted molar refractivity (Wildman–Crippen MR) is 155 cm³/mol. The number of benzene rings is 1. The lowest BCUT2D eigenvalue weighted by atomic mass is 9.73. The molecule has 7 nitrogen and oxygen atoms in total. The van der Waals surface area contributed by atoms with E-state index in [1.54, 1.807) is 6.07 Å². The zero-order valence-electron chi connectivity index (χ0n) is 23.8. The molecule has 5 aliphatic rings. The Morgan fingerprint density at radius 1 is 1.02 bits per heavy atom. The molecule has 0 aromatic heterocycles. The number of fused-ring (bicyclic) bond motifs is 1. The Labute approximate surface area is 242 Å². The topological polar surface area (TPSA) is 87.7 Å². The van der Waals surface area contributed by atoms with Crippen LogP contribution in [0.1, 0.15) is 77.2 Å². The van der Waals surface area contributed by atoms with Crippen molar-refractivity contribution in [2.75, 3.05) is 5.32 Å². The molecule has 216 valence electrons. The number of hydrogen-bond donors (Lipinski definition) is 2. The quantitative estimate of drug-likeness (QED) is 0.368. The summed E-state index contributed by atoms with van der Waals surface area (Å²) in [6, 6.07) is 4.68. The molecule has 2 saturated carbocycles. The Morgan fingerprint density at radius 3 is 2.50 bits per heavy atom. The van der Waals surface area contributed by atoms with E-state index in [0.717, 1.165) is 56.9 Å². The highest BCUT2D eigenvalue weighted by atomic mass is 35.5. The Kier molecular flexibility index (Phi) is 7.49. The Hall–Kier alpha value is -2.38. The van der Waals surface area contributed by atoms with Gasteiger partial charge in [0.05, 0.1) is 17.9 Å². The van der Waals surface area contributed by atoms with Crippen molar-refractivity contribution in [1.82, 2.24) is 10.2 Å². The van der Waals surface area contributed by atoms with Gasteiger partial charge in [-0.15, -0.1) is 0 Å². The van der Waals surface area contributed by atoms with E-state index in [1.165, 1.54) is 6.42 Å². The van der Waals surface area contributed by atoms with Crippen LogP contribution in [-0.4, -0.2) is 52.5 Å². The standard InChI is InChI=1S/C32H42ClN3O4/c1-18-9-8-12-24(20(18)3)35-30(38)28-32-16-15-25(40-32)26(29(37)34-21-14-13-19(2)23(33)17-21)27(32)31(39)36(28)22-10-6-4-5-7-11-22/h13-18,20,22,24-28H,4-12H2,1-3H3,(H,34,37)(H,35,38)/t18?,20?,24?,25-,26?,27-,28?,32?/m0/s1. The van der Waals surface area contributed by atoms with E-state index in [2.05, 4.69) is 24.5 Å². The van der Waals surface area contributed by atoms with Crippen LogP contribution in [0.2, 0.25) is 5.02 Å². The first-order valence-corrected chi connectivity index (χ1v) is 15.7. The number of ether oxygens (including phenoxy) is 1. The molecule has 1 spiro atoms. The third-order valence-electron chi connectivity index (χ3n) is 10.6. The fourth-order valence-electron chi connectivity index (χ4n) is 8.08. The average molecular weight is 568 g/mol. The SMILES string of the molecule is Cc1ccc(NC(=O)C2[C@@H]3C=CC4(O3)C(C(=O)NC3CCCC(C)C3C)N(C3CCCCCC3)C(=O)[C@H]24)cc1Cl. The van der Waals surface area contributed by atoms with Crippen LogP contribution in [0.15, 0.2) is 30.4 Å². The number of nitrogens with zero attached hydrogens (tertiary/aromatic N) is 1. The zero-order valence-corrected chi connectivity index (χ0v) is 24.6. The lowest BCUT2D eigenvalue weighted by Gasteiger charge is -2.40. The van der Waals surface area contributed by atoms with Gasteiger partial charge in [0.15, 0.2) is 0 Å². The van der Waals surface area contributed by atoms with E-state index >= 15 is 0 Å². The second-order valence-corrected chi connectivity index (χ2v) is 13.3. The molecule has 2 N–H and O–H groups in total. The Balaban J connectivity index is 1.32. The highest BCUT2D eigenvalue weighted by Gasteiger charge is 2.73. The minimum absolute atomic E-state index is 0.0240. The molecule has 8 heteroatoms. The van der Waals surface area contributed by atoms with E-state index < -0.39 is 29.6 Å². The van der Waals surface area contributed by atoms with Crippen LogP contribution in [0, 0.1) is 30.6 Å². The minimum atomic E-state index is -1.13. The van der Waals surface area contributed by atoms with Gasteiger partial charge in [-0.1, -0.05) is 82.2 Å². The normalized spacial score (nSPS) is 37.4. The highest BCUT2D eigenvalue weighted by molar-refractivity contribution is 6.31. The van der Waals surface area contributed by atoms with Crippen LogP contribution in [0.5, 0.6) is 0 Å². The molecule has 1 aromatic carbocycles. The van der Waals surface area contributed by atoms with Gasteiger partial charge >= 0.3 is 0 Å². The lowest BCUT2D eigenvalue weighted by molar-refractivity contribution is -0.144. The summed E-state index contributed by atoms with van der Waals surface area (Å²) in [5, 5.41) is 6.92. The summed E-state index contributed by atoms with van der Waals surface area (Å²) in [4.78, 5) is 44.3. The number of carbonyl (C=O) groups is 3. The zero-order chi connectivity index (χ0) is 28.2. The van der Waals surface area contributed by atoms with Crippen molar-refractivity contribution < 1.29 is 19.1 Å². The van der Waals surface area contributed by atoms with Crippen LogP contribution in [0.25, 0.3) is 0 Å². The van der Waals surface area contributed by atoms with Crippen LogP contribution < -0.4 is 10.6 Å². The summed E-state index contributed by atoms with van der Waals surface area (Å²) in [5.41, 5.74) is 0.377. The molecular weight excluding hydrogens is 526 g/mol. The van der Waals surface area contributed by atoms with Gasteiger partial charge in [0, 0.05) is 22.8 Å². The number of nitrogens with one attached hydrogen (secondary N) is 2. The maximum absolute atomic E-state index is 14.4. The van der Waals surface area contributed by atoms with Crippen LogP contribution >= 0.6 is 11.6 Å². The molecule has 1 aromatic rings. The second kappa shape index (κ2) is 10.8. The predicted octanol–water partition coefficient (Wildman–Crippen LogP) is 5.40. The van der Waals surface area contributed by atoms with Gasteiger partial charge in [0.1, 0.15) is 11.6 Å². The maximum Gasteiger partial charge on any atom is 0.246 e. The van der Waals surface area contributed by atoms with Crippen LogP contribution in [-0.2, 0) is 19.1 Å². The molecule has 40 heavy (non-hydrogen) atoms. The lowest BCUT2D eigenvalue weighted by Crippen LogP contribution is -2.59. The first-order valence-electron chi connectivity index (χ1n) is 15.3. The number of halogens is 1. The molecular formula is C32H42ClN3O4. The molecule has 3 aliphatic heterocycles. The molecule has 3 heterocycles. The van der Waals surface area contributed by atoms with Crippen molar-refractivity contribution in [2.45, 2.75) is 108 Å². The summed E-state index contributed by atoms with van der Waals surface area (Å²) in [6.07, 6.45) is 12.6. The molecule has 8 atom stereocenters. The van der Waals surface area contributed by atoms with Gasteiger partial charge in [0.2, 0.25) is 17.7 Å². The van der Waals surface area contributed by atoms with Gasteiger partial charge in [-0.25, -0.2) is 0 Å². The summed E-state index contributed by atoms with van der Waals surface area (Å²) >= 11 is 6.31. The number of anilines is 1. The smallest absolute Gasteiger partial charge is 0.246 e. The van der Waals surface area contributed by atoms with Crippen molar-refractivity contribution in [2.24, 2.45) is 23.7 Å².